The first-order chi connectivity index (χ1) is 7.24. The Kier molecular flexibility index (Phi) is 3.26. The van der Waals surface area contributed by atoms with Crippen LogP contribution in [0.5, 0.6) is 0 Å². The van der Waals surface area contributed by atoms with E-state index >= 15 is 0 Å². The van der Waals surface area contributed by atoms with Gasteiger partial charge in [0.05, 0.1) is 12.5 Å². The molecule has 2 atom stereocenters. The van der Waals surface area contributed by atoms with Crippen LogP contribution in [0.15, 0.2) is 0 Å². The van der Waals surface area contributed by atoms with E-state index in [-0.39, 0.29) is 18.4 Å². The molecule has 15 heavy (non-hydrogen) atoms. The zero-order valence-electron chi connectivity index (χ0n) is 9.28. The summed E-state index contributed by atoms with van der Waals surface area (Å²) in [5.74, 6) is 0.790. The van der Waals surface area contributed by atoms with Crippen LogP contribution in [0.4, 0.5) is 0 Å². The van der Waals surface area contributed by atoms with E-state index in [2.05, 4.69) is 12.2 Å². The fourth-order valence-corrected chi connectivity index (χ4v) is 2.32. The molecule has 2 aliphatic rings. The summed E-state index contributed by atoms with van der Waals surface area (Å²) in [6.45, 7) is 4.44. The monoisotopic (exact) mass is 212 g/mol. The van der Waals surface area contributed by atoms with Crippen molar-refractivity contribution in [1.82, 2.24) is 10.2 Å². The second-order valence-electron chi connectivity index (χ2n) is 4.73. The molecule has 0 aromatic rings. The van der Waals surface area contributed by atoms with E-state index in [1.807, 2.05) is 4.90 Å². The number of amides is 1. The molecule has 0 spiro atoms. The first-order valence-corrected chi connectivity index (χ1v) is 5.86. The van der Waals surface area contributed by atoms with Crippen LogP contribution in [-0.4, -0.2) is 48.2 Å². The lowest BCUT2D eigenvalue weighted by Crippen LogP contribution is -2.41. The second kappa shape index (κ2) is 4.49. The minimum atomic E-state index is 0.0801. The standard InChI is InChI=1S/C11H20N2O2/c1-8-6-12-7-10(8)11(15)13(4-5-14)9-2-3-9/h8-10,12,14H,2-7H2,1H3/t8-,10-/m1/s1. The summed E-state index contributed by atoms with van der Waals surface area (Å²) in [7, 11) is 0. The van der Waals surface area contributed by atoms with Crippen LogP contribution >= 0.6 is 0 Å². The van der Waals surface area contributed by atoms with Crippen LogP contribution in [0.1, 0.15) is 19.8 Å². The van der Waals surface area contributed by atoms with Gasteiger partial charge >= 0.3 is 0 Å². The van der Waals surface area contributed by atoms with Gasteiger partial charge in [0.15, 0.2) is 0 Å². The van der Waals surface area contributed by atoms with E-state index < -0.39 is 0 Å². The molecule has 0 bridgehead atoms. The van der Waals surface area contributed by atoms with Crippen molar-refractivity contribution in [2.75, 3.05) is 26.2 Å². The molecule has 1 aliphatic carbocycles. The quantitative estimate of drug-likeness (QED) is 0.680. The Labute approximate surface area is 90.6 Å². The average Bonchev–Trinajstić information content (AvgIpc) is 2.97. The van der Waals surface area contributed by atoms with Crippen LogP contribution < -0.4 is 5.32 Å². The van der Waals surface area contributed by atoms with E-state index in [0.717, 1.165) is 25.9 Å². The molecular weight excluding hydrogens is 192 g/mol. The van der Waals surface area contributed by atoms with E-state index in [1.165, 1.54) is 0 Å². The van der Waals surface area contributed by atoms with Gasteiger partial charge in [0.1, 0.15) is 0 Å². The number of carbonyl (C=O) groups is 1. The number of nitrogens with one attached hydrogen (secondary N) is 1. The Morgan fingerprint density at radius 1 is 1.47 bits per heavy atom. The lowest BCUT2D eigenvalue weighted by atomic mass is 9.96. The number of carbonyl (C=O) groups excluding carboxylic acids is 1. The Hall–Kier alpha value is -0.610. The van der Waals surface area contributed by atoms with Crippen LogP contribution in [0.3, 0.4) is 0 Å². The molecule has 4 heteroatoms. The first-order valence-electron chi connectivity index (χ1n) is 5.86. The van der Waals surface area contributed by atoms with Gasteiger partial charge in [0.2, 0.25) is 5.91 Å². The molecule has 2 rings (SSSR count). The number of aliphatic hydroxyl groups is 1. The third kappa shape index (κ3) is 2.32. The van der Waals surface area contributed by atoms with Crippen LogP contribution in [0.2, 0.25) is 0 Å². The molecule has 1 amide bonds. The zero-order valence-corrected chi connectivity index (χ0v) is 9.28. The Bertz CT molecular complexity index is 241. The zero-order chi connectivity index (χ0) is 10.8. The Morgan fingerprint density at radius 2 is 2.20 bits per heavy atom. The highest BCUT2D eigenvalue weighted by Crippen LogP contribution is 2.29. The van der Waals surface area contributed by atoms with Gasteiger partial charge in [-0.1, -0.05) is 6.92 Å². The van der Waals surface area contributed by atoms with Crippen molar-refractivity contribution < 1.29 is 9.90 Å². The molecule has 2 N–H and O–H groups in total. The van der Waals surface area contributed by atoms with Crippen molar-refractivity contribution >= 4 is 5.91 Å². The molecular formula is C11H20N2O2. The highest BCUT2D eigenvalue weighted by molar-refractivity contribution is 5.80. The number of nitrogens with zero attached hydrogens (tertiary/aromatic N) is 1. The van der Waals surface area contributed by atoms with Gasteiger partial charge in [0, 0.05) is 19.1 Å². The van der Waals surface area contributed by atoms with Crippen molar-refractivity contribution in [3.05, 3.63) is 0 Å². The summed E-state index contributed by atoms with van der Waals surface area (Å²) in [5, 5.41) is 12.2. The maximum absolute atomic E-state index is 12.2. The summed E-state index contributed by atoms with van der Waals surface area (Å²) in [5.41, 5.74) is 0. The third-order valence-corrected chi connectivity index (χ3v) is 3.45. The fourth-order valence-electron chi connectivity index (χ4n) is 2.32. The predicted molar refractivity (Wildman–Crippen MR) is 57.3 cm³/mol. The smallest absolute Gasteiger partial charge is 0.227 e. The van der Waals surface area contributed by atoms with Crippen molar-refractivity contribution in [3.63, 3.8) is 0 Å². The van der Waals surface area contributed by atoms with Gasteiger partial charge in [-0.25, -0.2) is 0 Å². The number of rotatable bonds is 4. The molecule has 0 aromatic carbocycles. The molecule has 1 saturated carbocycles. The van der Waals surface area contributed by atoms with E-state index in [9.17, 15) is 4.79 Å². The van der Waals surface area contributed by atoms with Gasteiger partial charge in [-0.15, -0.1) is 0 Å². The minimum absolute atomic E-state index is 0.0801. The SMILES string of the molecule is C[C@@H]1CNC[C@H]1C(=O)N(CCO)C1CC1. The summed E-state index contributed by atoms with van der Waals surface area (Å²) >= 11 is 0. The van der Waals surface area contributed by atoms with Gasteiger partial charge < -0.3 is 15.3 Å². The molecule has 1 heterocycles. The minimum Gasteiger partial charge on any atom is -0.395 e. The lowest BCUT2D eigenvalue weighted by Gasteiger charge is -2.26. The molecule has 0 aromatic heterocycles. The highest BCUT2D eigenvalue weighted by Gasteiger charge is 2.38. The number of aliphatic hydroxyl groups excluding tert-OH is 1. The van der Waals surface area contributed by atoms with E-state index in [1.54, 1.807) is 0 Å². The molecule has 1 saturated heterocycles. The highest BCUT2D eigenvalue weighted by atomic mass is 16.3. The number of hydrogen-bond acceptors (Lipinski definition) is 3. The second-order valence-corrected chi connectivity index (χ2v) is 4.73. The summed E-state index contributed by atoms with van der Waals surface area (Å²) in [6.07, 6.45) is 2.22. The summed E-state index contributed by atoms with van der Waals surface area (Å²) < 4.78 is 0. The number of hydrogen-bond donors (Lipinski definition) is 2. The summed E-state index contributed by atoms with van der Waals surface area (Å²) in [6, 6.07) is 0.414. The molecule has 0 unspecified atom stereocenters. The van der Waals surface area contributed by atoms with Crippen molar-refractivity contribution in [3.8, 4) is 0 Å². The van der Waals surface area contributed by atoms with Gasteiger partial charge in [-0.05, 0) is 25.3 Å². The normalized spacial score (nSPS) is 30.5. The van der Waals surface area contributed by atoms with Crippen LogP contribution in [0.25, 0.3) is 0 Å². The largest absolute Gasteiger partial charge is 0.395 e. The molecule has 1 aliphatic heterocycles. The van der Waals surface area contributed by atoms with Crippen molar-refractivity contribution in [2.24, 2.45) is 11.8 Å². The van der Waals surface area contributed by atoms with Crippen LogP contribution in [-0.2, 0) is 4.79 Å². The molecule has 0 radical (unpaired) electrons. The Balaban J connectivity index is 1.96. The lowest BCUT2D eigenvalue weighted by molar-refractivity contribution is -0.137. The van der Waals surface area contributed by atoms with Crippen molar-refractivity contribution in [1.29, 1.82) is 0 Å². The molecule has 2 fully saturated rings. The fraction of sp³-hybridized carbons (Fsp3) is 0.909. The maximum Gasteiger partial charge on any atom is 0.227 e. The first kappa shape index (κ1) is 10.9. The van der Waals surface area contributed by atoms with E-state index in [4.69, 9.17) is 5.11 Å². The van der Waals surface area contributed by atoms with Gasteiger partial charge in [-0.3, -0.25) is 4.79 Å². The maximum atomic E-state index is 12.2. The predicted octanol–water partition coefficient (Wildman–Crippen LogP) is -0.175. The van der Waals surface area contributed by atoms with E-state index in [0.29, 0.717) is 18.5 Å². The van der Waals surface area contributed by atoms with Crippen LogP contribution in [0, 0.1) is 11.8 Å². The Morgan fingerprint density at radius 3 is 2.67 bits per heavy atom. The average molecular weight is 212 g/mol. The summed E-state index contributed by atoms with van der Waals surface area (Å²) in [4.78, 5) is 14.1. The van der Waals surface area contributed by atoms with Gasteiger partial charge in [0.25, 0.3) is 0 Å². The van der Waals surface area contributed by atoms with Gasteiger partial charge in [-0.2, -0.15) is 0 Å². The van der Waals surface area contributed by atoms with Crippen molar-refractivity contribution in [2.45, 2.75) is 25.8 Å². The molecule has 86 valence electrons. The topological polar surface area (TPSA) is 52.6 Å². The molecule has 4 nitrogen and oxygen atoms in total. The third-order valence-electron chi connectivity index (χ3n) is 3.45.